The van der Waals surface area contributed by atoms with Crippen molar-refractivity contribution in [2.75, 3.05) is 6.61 Å². The molecule has 0 spiro atoms. The molecular formula is C12H16N4O2. The molecule has 2 heterocycles. The van der Waals surface area contributed by atoms with Crippen molar-refractivity contribution in [3.8, 4) is 0 Å². The summed E-state index contributed by atoms with van der Waals surface area (Å²) in [4.78, 5) is 16.3. The zero-order chi connectivity index (χ0) is 13.3. The van der Waals surface area contributed by atoms with Crippen molar-refractivity contribution >= 4 is 11.6 Å². The number of aliphatic hydroxyl groups is 1. The molecule has 96 valence electrons. The van der Waals surface area contributed by atoms with Gasteiger partial charge in [-0.05, 0) is 26.8 Å². The van der Waals surface area contributed by atoms with Crippen LogP contribution < -0.4 is 5.32 Å². The van der Waals surface area contributed by atoms with Gasteiger partial charge in [-0.1, -0.05) is 0 Å². The number of carbonyl (C=O) groups is 1. The molecule has 0 radical (unpaired) electrons. The highest BCUT2D eigenvalue weighted by molar-refractivity contribution is 5.99. The molecule has 0 saturated heterocycles. The predicted molar refractivity (Wildman–Crippen MR) is 66.5 cm³/mol. The molecule has 2 rings (SSSR count). The van der Waals surface area contributed by atoms with Crippen molar-refractivity contribution in [1.29, 1.82) is 0 Å². The van der Waals surface area contributed by atoms with Crippen LogP contribution in [0.2, 0.25) is 0 Å². The van der Waals surface area contributed by atoms with Crippen LogP contribution in [0.4, 0.5) is 0 Å². The first kappa shape index (κ1) is 12.5. The van der Waals surface area contributed by atoms with Crippen LogP contribution in [0.1, 0.15) is 28.7 Å². The standard InChI is InChI=1S/C12H16N4O2/c1-7-4-9(3)16-11(14-7)10(5-13-16)12(18)15-8(2)6-17/h4-5,8,17H,6H2,1-3H3,(H,15,18)/t8-/m1/s1. The van der Waals surface area contributed by atoms with Crippen molar-refractivity contribution in [1.82, 2.24) is 19.9 Å². The molecule has 0 aliphatic heterocycles. The van der Waals surface area contributed by atoms with Crippen LogP contribution in [0.25, 0.3) is 5.65 Å². The normalized spacial score (nSPS) is 12.7. The van der Waals surface area contributed by atoms with Crippen LogP contribution in [0.15, 0.2) is 12.3 Å². The first-order valence-electron chi connectivity index (χ1n) is 5.76. The Bertz CT molecular complexity index is 591. The molecule has 0 saturated carbocycles. The van der Waals surface area contributed by atoms with E-state index in [-0.39, 0.29) is 18.6 Å². The maximum Gasteiger partial charge on any atom is 0.257 e. The Balaban J connectivity index is 2.43. The second kappa shape index (κ2) is 4.73. The number of hydrogen-bond acceptors (Lipinski definition) is 4. The molecule has 0 aliphatic rings. The van der Waals surface area contributed by atoms with Crippen LogP contribution in [0.5, 0.6) is 0 Å². The van der Waals surface area contributed by atoms with Crippen LogP contribution in [-0.4, -0.2) is 38.3 Å². The average molecular weight is 248 g/mol. The Morgan fingerprint density at radius 2 is 2.28 bits per heavy atom. The number of aryl methyl sites for hydroxylation is 2. The lowest BCUT2D eigenvalue weighted by molar-refractivity contribution is 0.0924. The molecule has 0 aromatic carbocycles. The van der Waals surface area contributed by atoms with E-state index in [0.29, 0.717) is 11.2 Å². The minimum Gasteiger partial charge on any atom is -0.394 e. The zero-order valence-electron chi connectivity index (χ0n) is 10.6. The predicted octanol–water partition coefficient (Wildman–Crippen LogP) is 0.457. The molecule has 2 N–H and O–H groups in total. The fraction of sp³-hybridized carbons (Fsp3) is 0.417. The Labute approximate surface area is 105 Å². The Morgan fingerprint density at radius 3 is 2.94 bits per heavy atom. The number of fused-ring (bicyclic) bond motifs is 1. The Hall–Kier alpha value is -1.95. The molecule has 18 heavy (non-hydrogen) atoms. The number of nitrogens with zero attached hydrogens (tertiary/aromatic N) is 3. The summed E-state index contributed by atoms with van der Waals surface area (Å²) in [5.74, 6) is -0.274. The molecule has 1 atom stereocenters. The van der Waals surface area contributed by atoms with Gasteiger partial charge in [-0.25, -0.2) is 9.50 Å². The maximum atomic E-state index is 12.0. The molecule has 0 unspecified atom stereocenters. The molecule has 1 amide bonds. The molecule has 2 aromatic heterocycles. The second-order valence-electron chi connectivity index (χ2n) is 4.39. The summed E-state index contributed by atoms with van der Waals surface area (Å²) >= 11 is 0. The van der Waals surface area contributed by atoms with E-state index >= 15 is 0 Å². The van der Waals surface area contributed by atoms with Crippen molar-refractivity contribution in [3.05, 3.63) is 29.2 Å². The summed E-state index contributed by atoms with van der Waals surface area (Å²) in [5, 5.41) is 15.8. The van der Waals surface area contributed by atoms with E-state index in [1.165, 1.54) is 6.20 Å². The van der Waals surface area contributed by atoms with E-state index in [1.807, 2.05) is 19.9 Å². The monoisotopic (exact) mass is 248 g/mol. The van der Waals surface area contributed by atoms with Gasteiger partial charge in [0, 0.05) is 17.4 Å². The highest BCUT2D eigenvalue weighted by atomic mass is 16.3. The molecule has 6 nitrogen and oxygen atoms in total. The number of nitrogens with one attached hydrogen (secondary N) is 1. The third-order valence-corrected chi connectivity index (χ3v) is 2.67. The zero-order valence-corrected chi connectivity index (χ0v) is 10.6. The average Bonchev–Trinajstić information content (AvgIpc) is 2.72. The van der Waals surface area contributed by atoms with Gasteiger partial charge in [0.25, 0.3) is 5.91 Å². The van der Waals surface area contributed by atoms with E-state index in [2.05, 4.69) is 15.4 Å². The van der Waals surface area contributed by atoms with E-state index in [1.54, 1.807) is 11.4 Å². The number of rotatable bonds is 3. The smallest absolute Gasteiger partial charge is 0.257 e. The van der Waals surface area contributed by atoms with Crippen molar-refractivity contribution < 1.29 is 9.90 Å². The number of aromatic nitrogens is 3. The molecular weight excluding hydrogens is 232 g/mol. The topological polar surface area (TPSA) is 79.5 Å². The molecule has 6 heteroatoms. The summed E-state index contributed by atoms with van der Waals surface area (Å²) in [6.45, 7) is 5.41. The number of carbonyl (C=O) groups excluding carboxylic acids is 1. The first-order chi connectivity index (χ1) is 8.52. The molecule has 0 aliphatic carbocycles. The lowest BCUT2D eigenvalue weighted by Crippen LogP contribution is -2.35. The number of amides is 1. The second-order valence-corrected chi connectivity index (χ2v) is 4.39. The van der Waals surface area contributed by atoms with Crippen molar-refractivity contribution in [2.45, 2.75) is 26.8 Å². The quantitative estimate of drug-likeness (QED) is 0.827. The summed E-state index contributed by atoms with van der Waals surface area (Å²) in [6.07, 6.45) is 1.49. The fourth-order valence-corrected chi connectivity index (χ4v) is 1.78. The first-order valence-corrected chi connectivity index (χ1v) is 5.76. The highest BCUT2D eigenvalue weighted by Crippen LogP contribution is 2.11. The third-order valence-electron chi connectivity index (χ3n) is 2.67. The van der Waals surface area contributed by atoms with Gasteiger partial charge in [-0.3, -0.25) is 4.79 Å². The van der Waals surface area contributed by atoms with Gasteiger partial charge in [0.15, 0.2) is 5.65 Å². The van der Waals surface area contributed by atoms with Crippen LogP contribution in [0, 0.1) is 13.8 Å². The molecule has 0 bridgehead atoms. The summed E-state index contributed by atoms with van der Waals surface area (Å²) in [7, 11) is 0. The third kappa shape index (κ3) is 2.19. The van der Waals surface area contributed by atoms with Gasteiger partial charge in [0.05, 0.1) is 12.8 Å². The number of aliphatic hydroxyl groups excluding tert-OH is 1. The summed E-state index contributed by atoms with van der Waals surface area (Å²) < 4.78 is 1.63. The SMILES string of the molecule is Cc1cc(C)n2ncc(C(=O)N[C@H](C)CO)c2n1. The largest absolute Gasteiger partial charge is 0.394 e. The van der Waals surface area contributed by atoms with Gasteiger partial charge in [-0.15, -0.1) is 0 Å². The van der Waals surface area contributed by atoms with E-state index < -0.39 is 0 Å². The van der Waals surface area contributed by atoms with Crippen LogP contribution in [0.3, 0.4) is 0 Å². The minimum atomic E-state index is -0.293. The molecule has 0 fully saturated rings. The fourth-order valence-electron chi connectivity index (χ4n) is 1.78. The summed E-state index contributed by atoms with van der Waals surface area (Å²) in [5.41, 5.74) is 2.72. The van der Waals surface area contributed by atoms with Gasteiger partial charge in [0.1, 0.15) is 5.56 Å². The van der Waals surface area contributed by atoms with Crippen LogP contribution >= 0.6 is 0 Å². The van der Waals surface area contributed by atoms with Crippen molar-refractivity contribution in [2.24, 2.45) is 0 Å². The lowest BCUT2D eigenvalue weighted by Gasteiger charge is -2.09. The maximum absolute atomic E-state index is 12.0. The lowest BCUT2D eigenvalue weighted by atomic mass is 10.2. The van der Waals surface area contributed by atoms with Gasteiger partial charge in [-0.2, -0.15) is 5.10 Å². The van der Waals surface area contributed by atoms with Crippen molar-refractivity contribution in [3.63, 3.8) is 0 Å². The van der Waals surface area contributed by atoms with E-state index in [0.717, 1.165) is 11.4 Å². The number of hydrogen-bond donors (Lipinski definition) is 2. The van der Waals surface area contributed by atoms with Gasteiger partial charge in [0.2, 0.25) is 0 Å². The van der Waals surface area contributed by atoms with Gasteiger partial charge >= 0.3 is 0 Å². The van der Waals surface area contributed by atoms with Gasteiger partial charge < -0.3 is 10.4 Å². The Morgan fingerprint density at radius 1 is 1.56 bits per heavy atom. The minimum absolute atomic E-state index is 0.101. The van der Waals surface area contributed by atoms with Crippen LogP contribution in [-0.2, 0) is 0 Å². The Kier molecular flexibility index (Phi) is 3.29. The molecule has 2 aromatic rings. The summed E-state index contributed by atoms with van der Waals surface area (Å²) in [6, 6.07) is 1.61. The van der Waals surface area contributed by atoms with E-state index in [9.17, 15) is 4.79 Å². The van der Waals surface area contributed by atoms with E-state index in [4.69, 9.17) is 5.11 Å². The highest BCUT2D eigenvalue weighted by Gasteiger charge is 2.16.